The van der Waals surface area contributed by atoms with Crippen molar-refractivity contribution in [3.8, 4) is 0 Å². The molecule has 25 heavy (non-hydrogen) atoms. The van der Waals surface area contributed by atoms with Crippen LogP contribution in [0.3, 0.4) is 0 Å². The second-order valence-electron chi connectivity index (χ2n) is 5.74. The van der Waals surface area contributed by atoms with Gasteiger partial charge in [0, 0.05) is 23.8 Å². The number of benzene rings is 1. The van der Waals surface area contributed by atoms with Crippen LogP contribution in [0.25, 0.3) is 10.9 Å². The molecule has 1 amide bonds. The van der Waals surface area contributed by atoms with Crippen molar-refractivity contribution in [2.75, 3.05) is 5.32 Å². The van der Waals surface area contributed by atoms with Gasteiger partial charge in [-0.05, 0) is 24.6 Å². The van der Waals surface area contributed by atoms with E-state index in [1.54, 1.807) is 29.9 Å². The summed E-state index contributed by atoms with van der Waals surface area (Å²) in [7, 11) is 0. The van der Waals surface area contributed by atoms with Crippen molar-refractivity contribution in [1.82, 2.24) is 14.8 Å². The van der Waals surface area contributed by atoms with Gasteiger partial charge in [0.2, 0.25) is 0 Å². The molecule has 0 aliphatic rings. The van der Waals surface area contributed by atoms with E-state index in [0.29, 0.717) is 23.7 Å². The normalized spacial score (nSPS) is 10.9. The molecule has 0 bridgehead atoms. The number of anilines is 1. The van der Waals surface area contributed by atoms with Crippen molar-refractivity contribution in [1.29, 1.82) is 0 Å². The third kappa shape index (κ3) is 3.01. The zero-order chi connectivity index (χ0) is 17.2. The fraction of sp³-hybridized carbons (Fsp3) is 0.105. The maximum absolute atomic E-state index is 12.2. The summed E-state index contributed by atoms with van der Waals surface area (Å²) >= 11 is 0. The zero-order valence-electron chi connectivity index (χ0n) is 13.6. The lowest BCUT2D eigenvalue weighted by atomic mass is 10.1. The molecule has 0 saturated heterocycles. The molecule has 0 spiro atoms. The molecular weight excluding hydrogens is 316 g/mol. The molecule has 0 aliphatic carbocycles. The number of aromatic nitrogens is 3. The molecule has 0 radical (unpaired) electrons. The van der Waals surface area contributed by atoms with Gasteiger partial charge in [0.15, 0.2) is 5.82 Å². The molecule has 6 nitrogen and oxygen atoms in total. The standard InChI is InChI=1S/C19H16N4O2/c1-13-16(8-11-25-13)19(24)21-17-7-10-23(22-17)12-15-5-2-4-14-6-3-9-20-18(14)15/h2-11H,12H2,1H3,(H,21,22,24). The Morgan fingerprint density at radius 2 is 2.08 bits per heavy atom. The van der Waals surface area contributed by atoms with E-state index in [1.165, 1.54) is 6.26 Å². The van der Waals surface area contributed by atoms with Crippen molar-refractivity contribution in [3.05, 3.63) is 78.0 Å². The summed E-state index contributed by atoms with van der Waals surface area (Å²) in [4.78, 5) is 16.7. The maximum atomic E-state index is 12.2. The number of para-hydroxylation sites is 1. The number of hydrogen-bond acceptors (Lipinski definition) is 4. The Morgan fingerprint density at radius 1 is 1.20 bits per heavy atom. The van der Waals surface area contributed by atoms with Crippen LogP contribution < -0.4 is 5.32 Å². The van der Waals surface area contributed by atoms with Gasteiger partial charge in [-0.15, -0.1) is 0 Å². The number of nitrogens with zero attached hydrogens (tertiary/aromatic N) is 3. The highest BCUT2D eigenvalue weighted by Gasteiger charge is 2.13. The number of furan rings is 1. The highest BCUT2D eigenvalue weighted by Crippen LogP contribution is 2.17. The topological polar surface area (TPSA) is 73.0 Å². The van der Waals surface area contributed by atoms with E-state index in [0.717, 1.165) is 16.5 Å². The first kappa shape index (κ1) is 15.1. The maximum Gasteiger partial charge on any atom is 0.260 e. The van der Waals surface area contributed by atoms with Gasteiger partial charge in [-0.2, -0.15) is 5.10 Å². The Morgan fingerprint density at radius 3 is 2.92 bits per heavy atom. The number of rotatable bonds is 4. The number of carbonyl (C=O) groups excluding carboxylic acids is 1. The number of fused-ring (bicyclic) bond motifs is 1. The van der Waals surface area contributed by atoms with Gasteiger partial charge < -0.3 is 9.73 Å². The van der Waals surface area contributed by atoms with Crippen LogP contribution in [-0.4, -0.2) is 20.7 Å². The molecular formula is C19H16N4O2. The lowest BCUT2D eigenvalue weighted by Crippen LogP contribution is -2.13. The fourth-order valence-corrected chi connectivity index (χ4v) is 2.79. The molecule has 3 aromatic heterocycles. The molecule has 6 heteroatoms. The molecule has 0 atom stereocenters. The fourth-order valence-electron chi connectivity index (χ4n) is 2.79. The van der Waals surface area contributed by atoms with Crippen molar-refractivity contribution in [3.63, 3.8) is 0 Å². The van der Waals surface area contributed by atoms with Gasteiger partial charge in [0.05, 0.1) is 23.9 Å². The van der Waals surface area contributed by atoms with E-state index in [4.69, 9.17) is 4.42 Å². The Kier molecular flexibility index (Phi) is 3.78. The molecule has 3 heterocycles. The van der Waals surface area contributed by atoms with Crippen LogP contribution in [0.1, 0.15) is 21.7 Å². The molecule has 0 fully saturated rings. The summed E-state index contributed by atoms with van der Waals surface area (Å²) in [5.74, 6) is 0.848. The predicted molar refractivity (Wildman–Crippen MR) is 94.5 cm³/mol. The number of amides is 1. The van der Waals surface area contributed by atoms with E-state index < -0.39 is 0 Å². The lowest BCUT2D eigenvalue weighted by molar-refractivity contribution is 0.102. The Hall–Kier alpha value is -3.41. The minimum atomic E-state index is -0.233. The van der Waals surface area contributed by atoms with Crippen LogP contribution in [0.5, 0.6) is 0 Å². The van der Waals surface area contributed by atoms with Gasteiger partial charge >= 0.3 is 0 Å². The summed E-state index contributed by atoms with van der Waals surface area (Å²) in [6.45, 7) is 2.33. The van der Waals surface area contributed by atoms with Gasteiger partial charge in [0.25, 0.3) is 5.91 Å². The average Bonchev–Trinajstić information content (AvgIpc) is 3.24. The van der Waals surface area contributed by atoms with Gasteiger partial charge in [-0.3, -0.25) is 14.5 Å². The number of pyridine rings is 1. The molecule has 1 N–H and O–H groups in total. The summed E-state index contributed by atoms with van der Waals surface area (Å²) in [6.07, 6.45) is 5.11. The first-order chi connectivity index (χ1) is 12.2. The number of carbonyl (C=O) groups is 1. The Labute approximate surface area is 144 Å². The number of nitrogens with one attached hydrogen (secondary N) is 1. The molecule has 124 valence electrons. The second-order valence-corrected chi connectivity index (χ2v) is 5.74. The average molecular weight is 332 g/mol. The van der Waals surface area contributed by atoms with Crippen LogP contribution in [-0.2, 0) is 6.54 Å². The molecule has 4 aromatic rings. The molecule has 0 unspecified atom stereocenters. The third-order valence-corrected chi connectivity index (χ3v) is 4.03. The molecule has 1 aromatic carbocycles. The van der Waals surface area contributed by atoms with E-state index in [1.807, 2.05) is 36.5 Å². The quantitative estimate of drug-likeness (QED) is 0.619. The van der Waals surface area contributed by atoms with Gasteiger partial charge in [-0.1, -0.05) is 24.3 Å². The van der Waals surface area contributed by atoms with Crippen molar-refractivity contribution < 1.29 is 9.21 Å². The second kappa shape index (κ2) is 6.24. The lowest BCUT2D eigenvalue weighted by Gasteiger charge is -2.06. The highest BCUT2D eigenvalue weighted by atomic mass is 16.3. The van der Waals surface area contributed by atoms with Crippen molar-refractivity contribution >= 4 is 22.6 Å². The van der Waals surface area contributed by atoms with Crippen molar-refractivity contribution in [2.24, 2.45) is 0 Å². The summed E-state index contributed by atoms with van der Waals surface area (Å²) in [5.41, 5.74) is 2.54. The molecule has 0 aliphatic heterocycles. The van der Waals surface area contributed by atoms with Gasteiger partial charge in [-0.25, -0.2) is 0 Å². The SMILES string of the molecule is Cc1occc1C(=O)Nc1ccn(Cc2cccc3cccnc23)n1. The minimum Gasteiger partial charge on any atom is -0.469 e. The first-order valence-corrected chi connectivity index (χ1v) is 7.92. The number of aryl methyl sites for hydroxylation is 1. The summed E-state index contributed by atoms with van der Waals surface area (Å²) in [5, 5.41) is 8.29. The van der Waals surface area contributed by atoms with Crippen LogP contribution in [0.4, 0.5) is 5.82 Å². The highest BCUT2D eigenvalue weighted by molar-refractivity contribution is 6.04. The summed E-state index contributed by atoms with van der Waals surface area (Å²) < 4.78 is 6.93. The van der Waals surface area contributed by atoms with Crippen LogP contribution in [0.15, 0.2) is 65.5 Å². The van der Waals surface area contributed by atoms with Crippen molar-refractivity contribution in [2.45, 2.75) is 13.5 Å². The summed E-state index contributed by atoms with van der Waals surface area (Å²) in [6, 6.07) is 13.4. The largest absolute Gasteiger partial charge is 0.469 e. The first-order valence-electron chi connectivity index (χ1n) is 7.92. The molecule has 0 saturated carbocycles. The molecule has 4 rings (SSSR count). The smallest absolute Gasteiger partial charge is 0.260 e. The predicted octanol–water partition coefficient (Wildman–Crippen LogP) is 3.63. The van der Waals surface area contributed by atoms with E-state index in [-0.39, 0.29) is 5.91 Å². The van der Waals surface area contributed by atoms with Crippen LogP contribution >= 0.6 is 0 Å². The Bertz CT molecular complexity index is 1040. The zero-order valence-corrected chi connectivity index (χ0v) is 13.6. The monoisotopic (exact) mass is 332 g/mol. The van der Waals surface area contributed by atoms with E-state index in [9.17, 15) is 4.79 Å². The number of hydrogen-bond donors (Lipinski definition) is 1. The Balaban J connectivity index is 1.53. The van der Waals surface area contributed by atoms with Gasteiger partial charge in [0.1, 0.15) is 5.76 Å². The minimum absolute atomic E-state index is 0.233. The van der Waals surface area contributed by atoms with E-state index >= 15 is 0 Å². The third-order valence-electron chi connectivity index (χ3n) is 4.03. The van der Waals surface area contributed by atoms with Crippen LogP contribution in [0.2, 0.25) is 0 Å². The van der Waals surface area contributed by atoms with E-state index in [2.05, 4.69) is 15.4 Å². The van der Waals surface area contributed by atoms with Crippen LogP contribution in [0, 0.1) is 6.92 Å².